The molecule has 0 aliphatic heterocycles. The molecule has 1 heterocycles. The van der Waals surface area contributed by atoms with Gasteiger partial charge in [-0.3, -0.25) is 14.4 Å². The van der Waals surface area contributed by atoms with Gasteiger partial charge in [0.1, 0.15) is 0 Å². The third-order valence-electron chi connectivity index (χ3n) is 5.07. The summed E-state index contributed by atoms with van der Waals surface area (Å²) in [6.07, 6.45) is 0.0106. The van der Waals surface area contributed by atoms with Crippen molar-refractivity contribution in [2.75, 3.05) is 6.61 Å². The molecule has 30 heavy (non-hydrogen) atoms. The van der Waals surface area contributed by atoms with Crippen LogP contribution in [0.2, 0.25) is 0 Å². The van der Waals surface area contributed by atoms with Crippen LogP contribution in [0.15, 0.2) is 66.7 Å². The van der Waals surface area contributed by atoms with Gasteiger partial charge in [0.25, 0.3) is 0 Å². The largest absolute Gasteiger partial charge is 0.457 e. The maximum Gasteiger partial charge on any atom is 0.306 e. The van der Waals surface area contributed by atoms with Gasteiger partial charge in [-0.15, -0.1) is 0 Å². The van der Waals surface area contributed by atoms with E-state index in [1.54, 1.807) is 24.3 Å². The molecule has 0 bridgehead atoms. The number of carbonyl (C=O) groups excluding carboxylic acids is 3. The topological polar surface area (TPSA) is 65.4 Å². The van der Waals surface area contributed by atoms with Crippen LogP contribution in [-0.4, -0.2) is 28.7 Å². The first kappa shape index (κ1) is 21.2. The highest BCUT2D eigenvalue weighted by Gasteiger charge is 2.18. The molecule has 0 fully saturated rings. The molecule has 0 aliphatic carbocycles. The average molecular weight is 403 g/mol. The van der Waals surface area contributed by atoms with Crippen LogP contribution in [0.4, 0.5) is 0 Å². The number of rotatable bonds is 9. The van der Waals surface area contributed by atoms with Crippen molar-refractivity contribution in [1.29, 1.82) is 0 Å². The van der Waals surface area contributed by atoms with E-state index in [0.29, 0.717) is 17.7 Å². The smallest absolute Gasteiger partial charge is 0.306 e. The lowest BCUT2D eigenvalue weighted by Gasteiger charge is -2.10. The Labute approximate surface area is 176 Å². The van der Waals surface area contributed by atoms with Gasteiger partial charge in [-0.2, -0.15) is 0 Å². The van der Waals surface area contributed by atoms with E-state index in [9.17, 15) is 14.4 Å². The summed E-state index contributed by atoms with van der Waals surface area (Å²) >= 11 is 0. The van der Waals surface area contributed by atoms with Crippen LogP contribution in [0, 0.1) is 13.8 Å². The Morgan fingerprint density at radius 3 is 2.13 bits per heavy atom. The first-order valence-electron chi connectivity index (χ1n) is 9.93. The summed E-state index contributed by atoms with van der Waals surface area (Å²) in [4.78, 5) is 36.6. The third kappa shape index (κ3) is 5.32. The van der Waals surface area contributed by atoms with Crippen molar-refractivity contribution < 1.29 is 19.1 Å². The van der Waals surface area contributed by atoms with E-state index < -0.39 is 5.97 Å². The molecule has 0 N–H and O–H groups in total. The van der Waals surface area contributed by atoms with Gasteiger partial charge in [0.15, 0.2) is 12.4 Å². The maximum absolute atomic E-state index is 12.6. The minimum atomic E-state index is -0.550. The van der Waals surface area contributed by atoms with Crippen LogP contribution >= 0.6 is 0 Å². The van der Waals surface area contributed by atoms with Gasteiger partial charge in [0.05, 0.1) is 6.42 Å². The van der Waals surface area contributed by atoms with Crippen LogP contribution in [0.25, 0.3) is 0 Å². The fourth-order valence-corrected chi connectivity index (χ4v) is 3.37. The average Bonchev–Trinajstić information content (AvgIpc) is 3.05. The van der Waals surface area contributed by atoms with E-state index in [-0.39, 0.29) is 31.0 Å². The second-order valence-electron chi connectivity index (χ2n) is 7.23. The predicted octanol–water partition coefficient (Wildman–Crippen LogP) is 4.54. The van der Waals surface area contributed by atoms with Crippen LogP contribution in [0.5, 0.6) is 0 Å². The number of aromatic nitrogens is 1. The molecule has 3 aromatic rings. The highest BCUT2D eigenvalue weighted by molar-refractivity contribution is 6.00. The van der Waals surface area contributed by atoms with E-state index in [0.717, 1.165) is 17.0 Å². The van der Waals surface area contributed by atoms with Crippen molar-refractivity contribution in [3.63, 3.8) is 0 Å². The van der Waals surface area contributed by atoms with E-state index in [1.807, 2.05) is 56.3 Å². The molecule has 154 valence electrons. The first-order chi connectivity index (χ1) is 14.5. The lowest BCUT2D eigenvalue weighted by molar-refractivity contribution is -0.142. The SMILES string of the molecule is Cc1cc(C(=O)COC(=O)CCC(=O)c2ccccc2)c(C)n1Cc1ccccc1. The molecule has 0 saturated heterocycles. The van der Waals surface area contributed by atoms with Crippen molar-refractivity contribution in [3.8, 4) is 0 Å². The predicted molar refractivity (Wildman–Crippen MR) is 115 cm³/mol. The fraction of sp³-hybridized carbons (Fsp3) is 0.240. The number of carbonyl (C=O) groups is 3. The Morgan fingerprint density at radius 1 is 0.833 bits per heavy atom. The number of esters is 1. The standard InChI is InChI=1S/C25H25NO4/c1-18-15-22(19(2)26(18)16-20-9-5-3-6-10-20)24(28)17-30-25(29)14-13-23(27)21-11-7-4-8-12-21/h3-12,15H,13-14,16-17H2,1-2H3. The molecule has 0 atom stereocenters. The minimum absolute atomic E-state index is 0.0476. The Balaban J connectivity index is 1.54. The number of Topliss-reactive ketones (excluding diaryl/α,β-unsaturated/α-hetero) is 2. The molecule has 0 unspecified atom stereocenters. The van der Waals surface area contributed by atoms with Crippen molar-refractivity contribution in [2.45, 2.75) is 33.2 Å². The monoisotopic (exact) mass is 403 g/mol. The summed E-state index contributed by atoms with van der Waals surface area (Å²) in [5, 5.41) is 0. The quantitative estimate of drug-likeness (QED) is 0.389. The highest BCUT2D eigenvalue weighted by Crippen LogP contribution is 2.18. The van der Waals surface area contributed by atoms with Crippen molar-refractivity contribution >= 4 is 17.5 Å². The molecular formula is C25H25NO4. The van der Waals surface area contributed by atoms with Gasteiger partial charge in [0.2, 0.25) is 5.78 Å². The van der Waals surface area contributed by atoms with Crippen LogP contribution < -0.4 is 0 Å². The fourth-order valence-electron chi connectivity index (χ4n) is 3.37. The van der Waals surface area contributed by atoms with Crippen molar-refractivity contribution in [3.05, 3.63) is 94.8 Å². The number of aryl methyl sites for hydroxylation is 1. The summed E-state index contributed by atoms with van der Waals surface area (Å²) < 4.78 is 7.19. The normalized spacial score (nSPS) is 10.6. The molecule has 1 aromatic heterocycles. The summed E-state index contributed by atoms with van der Waals surface area (Å²) in [6.45, 7) is 4.19. The second-order valence-corrected chi connectivity index (χ2v) is 7.23. The zero-order chi connectivity index (χ0) is 21.5. The van der Waals surface area contributed by atoms with Gasteiger partial charge in [-0.1, -0.05) is 60.7 Å². The van der Waals surface area contributed by atoms with Gasteiger partial charge in [-0.25, -0.2) is 0 Å². The third-order valence-corrected chi connectivity index (χ3v) is 5.07. The van der Waals surface area contributed by atoms with E-state index in [2.05, 4.69) is 4.57 Å². The van der Waals surface area contributed by atoms with Crippen LogP contribution in [-0.2, 0) is 16.1 Å². The first-order valence-corrected chi connectivity index (χ1v) is 9.93. The van der Waals surface area contributed by atoms with Gasteiger partial charge >= 0.3 is 5.97 Å². The van der Waals surface area contributed by atoms with Crippen LogP contribution in [0.1, 0.15) is 50.5 Å². The second kappa shape index (κ2) is 9.83. The number of ketones is 2. The summed E-state index contributed by atoms with van der Waals surface area (Å²) in [6, 6.07) is 20.6. The molecule has 0 radical (unpaired) electrons. The summed E-state index contributed by atoms with van der Waals surface area (Å²) in [5.41, 5.74) is 4.08. The molecule has 5 heteroatoms. The zero-order valence-electron chi connectivity index (χ0n) is 17.3. The molecule has 3 rings (SSSR count). The lowest BCUT2D eigenvalue weighted by atomic mass is 10.1. The Bertz CT molecular complexity index is 1040. The molecule has 0 aliphatic rings. The van der Waals surface area contributed by atoms with E-state index >= 15 is 0 Å². The summed E-state index contributed by atoms with van der Waals surface area (Å²) in [7, 11) is 0. The number of ether oxygens (including phenoxy) is 1. The Kier molecular flexibility index (Phi) is 6.96. The molecule has 5 nitrogen and oxygen atoms in total. The summed E-state index contributed by atoms with van der Waals surface area (Å²) in [5.74, 6) is -0.917. The zero-order valence-corrected chi connectivity index (χ0v) is 17.3. The molecule has 0 saturated carbocycles. The number of hydrogen-bond donors (Lipinski definition) is 0. The van der Waals surface area contributed by atoms with Gasteiger partial charge < -0.3 is 9.30 Å². The molecule has 0 amide bonds. The van der Waals surface area contributed by atoms with Gasteiger partial charge in [-0.05, 0) is 25.5 Å². The molecule has 2 aromatic carbocycles. The number of nitrogens with zero attached hydrogens (tertiary/aromatic N) is 1. The lowest BCUT2D eigenvalue weighted by Crippen LogP contribution is -2.16. The number of hydrogen-bond acceptors (Lipinski definition) is 4. The van der Waals surface area contributed by atoms with Crippen molar-refractivity contribution in [1.82, 2.24) is 4.57 Å². The van der Waals surface area contributed by atoms with E-state index in [4.69, 9.17) is 4.74 Å². The molecular weight excluding hydrogens is 378 g/mol. The maximum atomic E-state index is 12.6. The highest BCUT2D eigenvalue weighted by atomic mass is 16.5. The Hall–Kier alpha value is -3.47. The Morgan fingerprint density at radius 2 is 1.47 bits per heavy atom. The van der Waals surface area contributed by atoms with Gasteiger partial charge in [0, 0.05) is 35.5 Å². The number of benzene rings is 2. The minimum Gasteiger partial charge on any atom is -0.457 e. The van der Waals surface area contributed by atoms with E-state index in [1.165, 1.54) is 0 Å². The van der Waals surface area contributed by atoms with Crippen LogP contribution in [0.3, 0.4) is 0 Å². The van der Waals surface area contributed by atoms with Crippen molar-refractivity contribution in [2.24, 2.45) is 0 Å². The molecule has 0 spiro atoms.